The number of carbonyl (C=O) groups excluding carboxylic acids is 2. The highest BCUT2D eigenvalue weighted by Crippen LogP contribution is 2.38. The molecule has 30 heavy (non-hydrogen) atoms. The lowest BCUT2D eigenvalue weighted by Gasteiger charge is -2.29. The lowest BCUT2D eigenvalue weighted by Crippen LogP contribution is -2.13. The fourth-order valence-electron chi connectivity index (χ4n) is 4.77. The summed E-state index contributed by atoms with van der Waals surface area (Å²) in [5.41, 5.74) is 4.36. The van der Waals surface area contributed by atoms with Gasteiger partial charge in [0.1, 0.15) is 5.78 Å². The standard InChI is InChI=1S/C28H36O2/c1-3-4-5-6-7-22-8-10-23(11-9-22)24-12-14-25(15-13-24)26-16-18-27(19-17-26)28(30)20-21(2)29/h12-19,22-23H,3-11,20H2,1-2H3. The maximum Gasteiger partial charge on any atom is 0.170 e. The molecule has 2 nitrogen and oxygen atoms in total. The Balaban J connectivity index is 1.53. The largest absolute Gasteiger partial charge is 0.300 e. The molecule has 3 rings (SSSR count). The highest BCUT2D eigenvalue weighted by molar-refractivity contribution is 6.07. The van der Waals surface area contributed by atoms with Gasteiger partial charge >= 0.3 is 0 Å². The molecule has 2 aromatic rings. The van der Waals surface area contributed by atoms with Gasteiger partial charge in [-0.1, -0.05) is 87.6 Å². The van der Waals surface area contributed by atoms with E-state index < -0.39 is 0 Å². The molecule has 1 aliphatic carbocycles. The Kier molecular flexibility index (Phi) is 8.42. The zero-order valence-corrected chi connectivity index (χ0v) is 18.7. The molecular formula is C28H36O2. The molecule has 1 fully saturated rings. The van der Waals surface area contributed by atoms with Gasteiger partial charge in [-0.2, -0.15) is 0 Å². The van der Waals surface area contributed by atoms with Crippen LogP contribution in [0.15, 0.2) is 48.5 Å². The van der Waals surface area contributed by atoms with E-state index in [1.165, 1.54) is 75.8 Å². The number of benzene rings is 2. The van der Waals surface area contributed by atoms with Crippen molar-refractivity contribution in [2.45, 2.75) is 84.0 Å². The maximum absolute atomic E-state index is 12.0. The molecule has 0 aliphatic heterocycles. The summed E-state index contributed by atoms with van der Waals surface area (Å²) in [5, 5.41) is 0. The lowest BCUT2D eigenvalue weighted by atomic mass is 9.77. The zero-order valence-electron chi connectivity index (χ0n) is 18.7. The fourth-order valence-corrected chi connectivity index (χ4v) is 4.77. The highest BCUT2D eigenvalue weighted by Gasteiger charge is 2.22. The van der Waals surface area contributed by atoms with E-state index in [4.69, 9.17) is 0 Å². The van der Waals surface area contributed by atoms with Crippen molar-refractivity contribution in [2.75, 3.05) is 0 Å². The number of hydrogen-bond donors (Lipinski definition) is 0. The molecule has 2 aromatic carbocycles. The molecule has 0 unspecified atom stereocenters. The van der Waals surface area contributed by atoms with Gasteiger partial charge in [0, 0.05) is 5.56 Å². The average Bonchev–Trinajstić information content (AvgIpc) is 2.77. The van der Waals surface area contributed by atoms with Gasteiger partial charge in [0.2, 0.25) is 0 Å². The normalized spacial score (nSPS) is 18.9. The van der Waals surface area contributed by atoms with Gasteiger partial charge in [0.15, 0.2) is 5.78 Å². The number of rotatable bonds is 10. The Morgan fingerprint density at radius 2 is 1.40 bits per heavy atom. The van der Waals surface area contributed by atoms with Crippen LogP contribution in [-0.2, 0) is 4.79 Å². The van der Waals surface area contributed by atoms with Crippen LogP contribution >= 0.6 is 0 Å². The van der Waals surface area contributed by atoms with Crippen molar-refractivity contribution in [3.63, 3.8) is 0 Å². The van der Waals surface area contributed by atoms with Crippen LogP contribution in [0, 0.1) is 5.92 Å². The smallest absolute Gasteiger partial charge is 0.170 e. The molecule has 0 atom stereocenters. The minimum atomic E-state index is -0.106. The van der Waals surface area contributed by atoms with E-state index in [0.29, 0.717) is 11.5 Å². The van der Waals surface area contributed by atoms with Gasteiger partial charge in [-0.15, -0.1) is 0 Å². The van der Waals surface area contributed by atoms with Gasteiger partial charge in [0.05, 0.1) is 6.42 Å². The molecular weight excluding hydrogens is 368 g/mol. The molecule has 0 bridgehead atoms. The molecule has 0 N–H and O–H groups in total. The summed E-state index contributed by atoms with van der Waals surface area (Å²) in [6.07, 6.45) is 12.4. The van der Waals surface area contributed by atoms with Crippen LogP contribution in [0.25, 0.3) is 11.1 Å². The molecule has 160 valence electrons. The Hall–Kier alpha value is -2.22. The van der Waals surface area contributed by atoms with E-state index in [9.17, 15) is 9.59 Å². The quantitative estimate of drug-likeness (QED) is 0.230. The topological polar surface area (TPSA) is 34.1 Å². The Bertz CT molecular complexity index is 809. The first kappa shape index (κ1) is 22.5. The van der Waals surface area contributed by atoms with Crippen molar-refractivity contribution in [2.24, 2.45) is 5.92 Å². The van der Waals surface area contributed by atoms with Crippen molar-refractivity contribution in [1.82, 2.24) is 0 Å². The zero-order chi connectivity index (χ0) is 21.3. The summed E-state index contributed by atoms with van der Waals surface area (Å²) < 4.78 is 0. The first-order chi connectivity index (χ1) is 14.6. The Morgan fingerprint density at radius 3 is 1.97 bits per heavy atom. The lowest BCUT2D eigenvalue weighted by molar-refractivity contribution is -0.116. The molecule has 0 saturated heterocycles. The van der Waals surface area contributed by atoms with Crippen molar-refractivity contribution in [1.29, 1.82) is 0 Å². The number of Topliss-reactive ketones (excluding diaryl/α,β-unsaturated/α-hetero) is 2. The minimum Gasteiger partial charge on any atom is -0.300 e. The first-order valence-electron chi connectivity index (χ1n) is 11.8. The fraction of sp³-hybridized carbons (Fsp3) is 0.500. The van der Waals surface area contributed by atoms with Crippen LogP contribution in [0.5, 0.6) is 0 Å². The van der Waals surface area contributed by atoms with Crippen LogP contribution in [0.3, 0.4) is 0 Å². The SMILES string of the molecule is CCCCCCC1CCC(c2ccc(-c3ccc(C(=O)CC(C)=O)cc3)cc2)CC1. The number of hydrogen-bond acceptors (Lipinski definition) is 2. The minimum absolute atomic E-state index is 0.0188. The van der Waals surface area contributed by atoms with E-state index in [0.717, 1.165) is 11.5 Å². The molecule has 2 heteroatoms. The predicted octanol–water partition coefficient (Wildman–Crippen LogP) is 7.76. The highest BCUT2D eigenvalue weighted by atomic mass is 16.1. The van der Waals surface area contributed by atoms with Crippen molar-refractivity contribution in [3.8, 4) is 11.1 Å². The van der Waals surface area contributed by atoms with Crippen LogP contribution in [0.1, 0.15) is 99.9 Å². The summed E-state index contributed by atoms with van der Waals surface area (Å²) in [4.78, 5) is 23.2. The average molecular weight is 405 g/mol. The molecule has 0 spiro atoms. The number of unbranched alkanes of at least 4 members (excludes halogenated alkanes) is 3. The van der Waals surface area contributed by atoms with Gasteiger partial charge in [-0.3, -0.25) is 9.59 Å². The summed E-state index contributed by atoms with van der Waals surface area (Å²) in [6.45, 7) is 3.73. The van der Waals surface area contributed by atoms with E-state index in [1.807, 2.05) is 24.3 Å². The van der Waals surface area contributed by atoms with Crippen molar-refractivity contribution in [3.05, 3.63) is 59.7 Å². The monoisotopic (exact) mass is 404 g/mol. The summed E-state index contributed by atoms with van der Waals surface area (Å²) >= 11 is 0. The second-order valence-electron chi connectivity index (χ2n) is 9.07. The Labute approximate surface area is 182 Å². The van der Waals surface area contributed by atoms with Crippen molar-refractivity contribution >= 4 is 11.6 Å². The van der Waals surface area contributed by atoms with Gasteiger partial charge in [-0.25, -0.2) is 0 Å². The third-order valence-corrected chi connectivity index (χ3v) is 6.64. The molecule has 0 heterocycles. The van der Waals surface area contributed by atoms with Gasteiger partial charge in [0.25, 0.3) is 0 Å². The first-order valence-corrected chi connectivity index (χ1v) is 11.8. The Morgan fingerprint density at radius 1 is 0.800 bits per heavy atom. The summed E-state index contributed by atoms with van der Waals surface area (Å²) in [5.74, 6) is 1.45. The molecule has 0 aromatic heterocycles. The molecule has 0 amide bonds. The van der Waals surface area contributed by atoms with E-state index in [1.54, 1.807) is 0 Å². The van der Waals surface area contributed by atoms with Crippen LogP contribution < -0.4 is 0 Å². The summed E-state index contributed by atoms with van der Waals surface area (Å²) in [7, 11) is 0. The van der Waals surface area contributed by atoms with Crippen molar-refractivity contribution < 1.29 is 9.59 Å². The number of carbonyl (C=O) groups is 2. The van der Waals surface area contributed by atoms with E-state index in [2.05, 4.69) is 31.2 Å². The van der Waals surface area contributed by atoms with E-state index in [-0.39, 0.29) is 18.0 Å². The maximum atomic E-state index is 12.0. The van der Waals surface area contributed by atoms with E-state index >= 15 is 0 Å². The third-order valence-electron chi connectivity index (χ3n) is 6.64. The van der Waals surface area contributed by atoms with Crippen LogP contribution in [0.4, 0.5) is 0 Å². The molecule has 1 saturated carbocycles. The summed E-state index contributed by atoms with van der Waals surface area (Å²) in [6, 6.07) is 16.6. The van der Waals surface area contributed by atoms with Crippen LogP contribution in [-0.4, -0.2) is 11.6 Å². The predicted molar refractivity (Wildman–Crippen MR) is 125 cm³/mol. The third kappa shape index (κ3) is 6.39. The second-order valence-corrected chi connectivity index (χ2v) is 9.07. The van der Waals surface area contributed by atoms with Gasteiger partial charge in [-0.05, 0) is 61.1 Å². The van der Waals surface area contributed by atoms with Gasteiger partial charge < -0.3 is 0 Å². The number of ketones is 2. The van der Waals surface area contributed by atoms with Crippen LogP contribution in [0.2, 0.25) is 0 Å². The molecule has 1 aliphatic rings. The molecule has 0 radical (unpaired) electrons. The second kappa shape index (κ2) is 11.2.